The van der Waals surface area contributed by atoms with Gasteiger partial charge >= 0.3 is 5.97 Å². The summed E-state index contributed by atoms with van der Waals surface area (Å²) in [6, 6.07) is 0. The molecular formula is C20H40O5. The topological polar surface area (TPSA) is 65.0 Å². The summed E-state index contributed by atoms with van der Waals surface area (Å²) in [4.78, 5) is 15.7. The Balaban J connectivity index is 3.71. The Bertz CT molecular complexity index is 296. The fourth-order valence-electron chi connectivity index (χ4n) is 3.14. The lowest BCUT2D eigenvalue weighted by Gasteiger charge is -2.23. The summed E-state index contributed by atoms with van der Waals surface area (Å²) in [5.41, 5.74) is 0. The molecule has 25 heavy (non-hydrogen) atoms. The molecule has 0 amide bonds. The molecule has 0 aliphatic rings. The van der Waals surface area contributed by atoms with E-state index in [1.54, 1.807) is 7.11 Å². The number of hydrogen-bond donors (Lipinski definition) is 1. The van der Waals surface area contributed by atoms with E-state index in [9.17, 15) is 10.1 Å². The van der Waals surface area contributed by atoms with Crippen LogP contribution in [0.3, 0.4) is 0 Å². The molecule has 0 fully saturated rings. The van der Waals surface area contributed by atoms with E-state index in [1.807, 2.05) is 0 Å². The molecule has 2 atom stereocenters. The van der Waals surface area contributed by atoms with E-state index in [-0.39, 0.29) is 18.2 Å². The highest BCUT2D eigenvalue weighted by Crippen LogP contribution is 2.19. The van der Waals surface area contributed by atoms with Gasteiger partial charge in [-0.05, 0) is 19.3 Å². The third-order valence-electron chi connectivity index (χ3n) is 4.79. The van der Waals surface area contributed by atoms with Gasteiger partial charge in [0.1, 0.15) is 6.10 Å². The van der Waals surface area contributed by atoms with Gasteiger partial charge in [0.15, 0.2) is 0 Å². The highest BCUT2D eigenvalue weighted by molar-refractivity contribution is 5.68. The van der Waals surface area contributed by atoms with E-state index in [2.05, 4.69) is 16.5 Å². The van der Waals surface area contributed by atoms with E-state index in [4.69, 9.17) is 4.74 Å². The minimum absolute atomic E-state index is 0.0216. The molecule has 5 heteroatoms. The normalized spacial score (nSPS) is 13.6. The van der Waals surface area contributed by atoms with Crippen LogP contribution in [0.5, 0.6) is 0 Å². The number of hydrogen-bond acceptors (Lipinski definition) is 5. The lowest BCUT2D eigenvalue weighted by molar-refractivity contribution is -0.300. The monoisotopic (exact) mass is 360 g/mol. The summed E-state index contributed by atoms with van der Waals surface area (Å²) in [5.74, 6) is -0.122. The van der Waals surface area contributed by atoms with E-state index >= 15 is 0 Å². The van der Waals surface area contributed by atoms with E-state index < -0.39 is 0 Å². The van der Waals surface area contributed by atoms with Gasteiger partial charge in [-0.15, -0.1) is 0 Å². The quantitative estimate of drug-likeness (QED) is 0.151. The predicted octanol–water partition coefficient (Wildman–Crippen LogP) is 5.51. The molecule has 0 aromatic carbocycles. The van der Waals surface area contributed by atoms with E-state index in [0.717, 1.165) is 57.8 Å². The molecule has 0 bridgehead atoms. The molecule has 0 heterocycles. The molecule has 0 spiro atoms. The van der Waals surface area contributed by atoms with Gasteiger partial charge in [0.2, 0.25) is 0 Å². The molecule has 0 radical (unpaired) electrons. The van der Waals surface area contributed by atoms with Gasteiger partial charge in [-0.25, -0.2) is 4.89 Å². The van der Waals surface area contributed by atoms with Crippen molar-refractivity contribution < 1.29 is 24.4 Å². The Labute approximate surface area is 154 Å². The van der Waals surface area contributed by atoms with Crippen molar-refractivity contribution in [2.75, 3.05) is 14.2 Å². The number of methoxy groups -OCH3 is 2. The molecule has 0 saturated heterocycles. The summed E-state index contributed by atoms with van der Waals surface area (Å²) < 4.78 is 10.2. The maximum Gasteiger partial charge on any atom is 0.305 e. The largest absolute Gasteiger partial charge is 0.469 e. The molecule has 0 rings (SSSR count). The van der Waals surface area contributed by atoms with Crippen LogP contribution in [0.15, 0.2) is 0 Å². The number of rotatable bonds is 18. The fraction of sp³-hybridized carbons (Fsp3) is 0.950. The van der Waals surface area contributed by atoms with E-state index in [1.165, 1.54) is 32.8 Å². The second kappa shape index (κ2) is 18.2. The lowest BCUT2D eigenvalue weighted by Crippen LogP contribution is -2.30. The second-order valence-electron chi connectivity index (χ2n) is 6.86. The number of esters is 1. The van der Waals surface area contributed by atoms with Crippen molar-refractivity contribution in [1.29, 1.82) is 0 Å². The third-order valence-corrected chi connectivity index (χ3v) is 4.79. The van der Waals surface area contributed by atoms with Crippen LogP contribution in [0.25, 0.3) is 0 Å². The zero-order valence-electron chi connectivity index (χ0n) is 16.6. The van der Waals surface area contributed by atoms with E-state index in [0.29, 0.717) is 6.42 Å². The average molecular weight is 361 g/mol. The summed E-state index contributed by atoms with van der Waals surface area (Å²) >= 11 is 0. The molecule has 0 saturated carbocycles. The number of carbonyl (C=O) groups is 1. The predicted molar refractivity (Wildman–Crippen MR) is 101 cm³/mol. The molecular weight excluding hydrogens is 320 g/mol. The molecule has 0 aromatic rings. The average Bonchev–Trinajstić information content (AvgIpc) is 2.64. The fourth-order valence-corrected chi connectivity index (χ4v) is 3.14. The Morgan fingerprint density at radius 2 is 1.32 bits per heavy atom. The van der Waals surface area contributed by atoms with Gasteiger partial charge in [0, 0.05) is 13.5 Å². The van der Waals surface area contributed by atoms with Crippen LogP contribution in [0, 0.1) is 0 Å². The maximum absolute atomic E-state index is 11.0. The van der Waals surface area contributed by atoms with Crippen LogP contribution in [0.1, 0.15) is 96.8 Å². The molecule has 0 aliphatic carbocycles. The Hall–Kier alpha value is -0.650. The minimum Gasteiger partial charge on any atom is -0.469 e. The SMILES string of the molecule is CCCCCCCC(OC)C(CCCCCCCCC(=O)OC)OO. The number of unbranched alkanes of at least 4 members (excludes halogenated alkanes) is 9. The number of carbonyl (C=O) groups excluding carboxylic acids is 1. The standard InChI is InChI=1S/C20H40O5/c1-4-5-6-9-12-15-18(23-2)19(25-22)16-13-10-7-8-11-14-17-20(21)24-3/h18-19,22H,4-17H2,1-3H3. The van der Waals surface area contributed by atoms with Crippen molar-refractivity contribution in [3.8, 4) is 0 Å². The summed E-state index contributed by atoms with van der Waals surface area (Å²) in [5, 5.41) is 9.19. The molecule has 1 N–H and O–H groups in total. The first-order valence-corrected chi connectivity index (χ1v) is 10.1. The van der Waals surface area contributed by atoms with Gasteiger partial charge in [-0.2, -0.15) is 0 Å². The lowest BCUT2D eigenvalue weighted by atomic mass is 9.99. The van der Waals surface area contributed by atoms with Crippen LogP contribution in [0.4, 0.5) is 0 Å². The van der Waals surface area contributed by atoms with Crippen LogP contribution in [0.2, 0.25) is 0 Å². The van der Waals surface area contributed by atoms with Gasteiger partial charge in [0.25, 0.3) is 0 Å². The molecule has 0 aromatic heterocycles. The first-order valence-electron chi connectivity index (χ1n) is 10.1. The first kappa shape index (κ1) is 24.4. The highest BCUT2D eigenvalue weighted by Gasteiger charge is 2.21. The first-order chi connectivity index (χ1) is 12.2. The molecule has 2 unspecified atom stereocenters. The van der Waals surface area contributed by atoms with Crippen LogP contribution < -0.4 is 0 Å². The Kier molecular flexibility index (Phi) is 17.7. The van der Waals surface area contributed by atoms with Gasteiger partial charge in [-0.1, -0.05) is 71.1 Å². The minimum atomic E-state index is -0.226. The van der Waals surface area contributed by atoms with Crippen molar-refractivity contribution in [3.05, 3.63) is 0 Å². The Morgan fingerprint density at radius 1 is 0.800 bits per heavy atom. The van der Waals surface area contributed by atoms with Crippen molar-refractivity contribution >= 4 is 5.97 Å². The molecule has 5 nitrogen and oxygen atoms in total. The zero-order valence-corrected chi connectivity index (χ0v) is 16.6. The van der Waals surface area contributed by atoms with Crippen molar-refractivity contribution in [2.24, 2.45) is 0 Å². The molecule has 0 aliphatic heterocycles. The third kappa shape index (κ3) is 14.2. The van der Waals surface area contributed by atoms with Crippen LogP contribution in [-0.2, 0) is 19.2 Å². The van der Waals surface area contributed by atoms with Crippen LogP contribution >= 0.6 is 0 Å². The highest BCUT2D eigenvalue weighted by atomic mass is 17.1. The van der Waals surface area contributed by atoms with Crippen molar-refractivity contribution in [3.63, 3.8) is 0 Å². The van der Waals surface area contributed by atoms with Gasteiger partial charge in [-0.3, -0.25) is 10.1 Å². The number of ether oxygens (including phenoxy) is 2. The van der Waals surface area contributed by atoms with Gasteiger partial charge in [0.05, 0.1) is 13.2 Å². The van der Waals surface area contributed by atoms with Gasteiger partial charge < -0.3 is 9.47 Å². The summed E-state index contributed by atoms with van der Waals surface area (Å²) in [6.45, 7) is 2.22. The maximum atomic E-state index is 11.0. The van der Waals surface area contributed by atoms with Crippen molar-refractivity contribution in [2.45, 2.75) is 109 Å². The zero-order chi connectivity index (χ0) is 18.8. The van der Waals surface area contributed by atoms with Crippen molar-refractivity contribution in [1.82, 2.24) is 0 Å². The smallest absolute Gasteiger partial charge is 0.305 e. The Morgan fingerprint density at radius 3 is 1.84 bits per heavy atom. The summed E-state index contributed by atoms with van der Waals surface area (Å²) in [7, 11) is 3.13. The summed E-state index contributed by atoms with van der Waals surface area (Å²) in [6.07, 6.45) is 14.6. The molecule has 150 valence electrons. The second-order valence-corrected chi connectivity index (χ2v) is 6.86. The van der Waals surface area contributed by atoms with Crippen LogP contribution in [-0.4, -0.2) is 37.7 Å².